The molecule has 132 valence electrons. The topological polar surface area (TPSA) is 46.9 Å². The summed E-state index contributed by atoms with van der Waals surface area (Å²) in [5.41, 5.74) is 6.03. The first kappa shape index (κ1) is 16.9. The molecule has 26 heavy (non-hydrogen) atoms. The number of benzene rings is 2. The van der Waals surface area contributed by atoms with Crippen molar-refractivity contribution in [1.29, 1.82) is 0 Å². The van der Waals surface area contributed by atoms with Gasteiger partial charge in [0.15, 0.2) is 5.16 Å². The summed E-state index contributed by atoms with van der Waals surface area (Å²) < 4.78 is 2.23. The van der Waals surface area contributed by atoms with Gasteiger partial charge in [0.1, 0.15) is 0 Å². The molecule has 0 saturated carbocycles. The predicted molar refractivity (Wildman–Crippen MR) is 105 cm³/mol. The van der Waals surface area contributed by atoms with E-state index in [4.69, 9.17) is 4.98 Å². The van der Waals surface area contributed by atoms with Crippen LogP contribution in [0.3, 0.4) is 0 Å². The van der Waals surface area contributed by atoms with Crippen LogP contribution >= 0.6 is 11.8 Å². The molecule has 1 aromatic heterocycles. The van der Waals surface area contributed by atoms with Gasteiger partial charge in [0, 0.05) is 23.4 Å². The molecule has 1 N–H and O–H groups in total. The van der Waals surface area contributed by atoms with E-state index in [1.165, 1.54) is 0 Å². The van der Waals surface area contributed by atoms with Crippen LogP contribution in [0.4, 0.5) is 0 Å². The first-order chi connectivity index (χ1) is 12.6. The van der Waals surface area contributed by atoms with Crippen LogP contribution in [0.15, 0.2) is 53.7 Å². The minimum absolute atomic E-state index is 0.0357. The third kappa shape index (κ3) is 3.03. The Labute approximate surface area is 157 Å². The Morgan fingerprint density at radius 1 is 1.15 bits per heavy atom. The summed E-state index contributed by atoms with van der Waals surface area (Å²) in [7, 11) is 0. The van der Waals surface area contributed by atoms with Gasteiger partial charge in [0.25, 0.3) is 5.91 Å². The summed E-state index contributed by atoms with van der Waals surface area (Å²) in [5.74, 6) is 1.00. The molecule has 4 rings (SSSR count). The van der Waals surface area contributed by atoms with E-state index in [0.29, 0.717) is 6.54 Å². The van der Waals surface area contributed by atoms with Crippen LogP contribution in [0.5, 0.6) is 0 Å². The Balaban J connectivity index is 1.62. The smallest absolute Gasteiger partial charge is 0.251 e. The molecule has 0 atom stereocenters. The number of aryl methyl sites for hydroxylation is 1. The second-order valence-electron chi connectivity index (χ2n) is 6.49. The second kappa shape index (κ2) is 7.00. The van der Waals surface area contributed by atoms with E-state index < -0.39 is 0 Å². The number of imidazole rings is 1. The monoisotopic (exact) mass is 363 g/mol. The average molecular weight is 363 g/mol. The van der Waals surface area contributed by atoms with Gasteiger partial charge in [-0.3, -0.25) is 4.79 Å². The van der Waals surface area contributed by atoms with Crippen molar-refractivity contribution in [2.24, 2.45) is 0 Å². The molecule has 1 aliphatic heterocycles. The molecular weight excluding hydrogens is 342 g/mol. The number of hydrogen-bond acceptors (Lipinski definition) is 3. The number of fused-ring (bicyclic) bond motifs is 1. The van der Waals surface area contributed by atoms with Crippen molar-refractivity contribution >= 4 is 17.7 Å². The van der Waals surface area contributed by atoms with Crippen LogP contribution in [0.25, 0.3) is 11.3 Å². The third-order valence-electron chi connectivity index (χ3n) is 4.90. The van der Waals surface area contributed by atoms with Crippen LogP contribution in [0, 0.1) is 13.8 Å². The van der Waals surface area contributed by atoms with E-state index >= 15 is 0 Å². The standard InChI is InChI=1S/C21H21N3OS/c1-14-7-6-10-17(15(14)2)20(25)22-13-18-19(16-8-4-3-5-9-16)23-21-24(18)11-12-26-21/h3-10H,11-13H2,1-2H3,(H,22,25). The Hall–Kier alpha value is -2.53. The van der Waals surface area contributed by atoms with Gasteiger partial charge in [-0.25, -0.2) is 4.98 Å². The van der Waals surface area contributed by atoms with E-state index in [1.807, 2.05) is 50.2 Å². The molecule has 0 saturated heterocycles. The third-order valence-corrected chi connectivity index (χ3v) is 5.85. The van der Waals surface area contributed by atoms with Crippen molar-refractivity contribution in [2.75, 3.05) is 5.75 Å². The highest BCUT2D eigenvalue weighted by atomic mass is 32.2. The lowest BCUT2D eigenvalue weighted by atomic mass is 10.0. The number of amides is 1. The molecule has 1 amide bonds. The molecule has 2 heterocycles. The first-order valence-electron chi connectivity index (χ1n) is 8.77. The van der Waals surface area contributed by atoms with Gasteiger partial charge >= 0.3 is 0 Å². The fourth-order valence-electron chi connectivity index (χ4n) is 3.30. The van der Waals surface area contributed by atoms with E-state index in [-0.39, 0.29) is 5.91 Å². The van der Waals surface area contributed by atoms with Gasteiger partial charge in [0.05, 0.1) is 17.9 Å². The van der Waals surface area contributed by atoms with Crippen molar-refractivity contribution in [3.8, 4) is 11.3 Å². The molecule has 0 spiro atoms. The average Bonchev–Trinajstić information content (AvgIpc) is 3.24. The Morgan fingerprint density at radius 3 is 2.77 bits per heavy atom. The normalized spacial score (nSPS) is 12.8. The van der Waals surface area contributed by atoms with Gasteiger partial charge in [-0.2, -0.15) is 0 Å². The number of nitrogens with one attached hydrogen (secondary N) is 1. The highest BCUT2D eigenvalue weighted by Gasteiger charge is 2.23. The highest BCUT2D eigenvalue weighted by molar-refractivity contribution is 7.99. The first-order valence-corrected chi connectivity index (χ1v) is 9.75. The number of carbonyl (C=O) groups excluding carboxylic acids is 1. The van der Waals surface area contributed by atoms with Crippen LogP contribution in [0.1, 0.15) is 27.2 Å². The molecule has 0 unspecified atom stereocenters. The molecule has 0 bridgehead atoms. The lowest BCUT2D eigenvalue weighted by Gasteiger charge is -2.12. The zero-order valence-electron chi connectivity index (χ0n) is 15.0. The summed E-state index contributed by atoms with van der Waals surface area (Å²) in [6, 6.07) is 16.0. The largest absolute Gasteiger partial charge is 0.346 e. The maximum Gasteiger partial charge on any atom is 0.251 e. The minimum Gasteiger partial charge on any atom is -0.346 e. The molecule has 0 fully saturated rings. The van der Waals surface area contributed by atoms with Crippen molar-refractivity contribution in [2.45, 2.75) is 32.1 Å². The summed E-state index contributed by atoms with van der Waals surface area (Å²) in [5, 5.41) is 4.14. The number of aromatic nitrogens is 2. The summed E-state index contributed by atoms with van der Waals surface area (Å²) >= 11 is 1.77. The zero-order valence-corrected chi connectivity index (χ0v) is 15.8. The van der Waals surface area contributed by atoms with Crippen molar-refractivity contribution < 1.29 is 4.79 Å². The van der Waals surface area contributed by atoms with Crippen LogP contribution in [-0.4, -0.2) is 21.2 Å². The minimum atomic E-state index is -0.0357. The lowest BCUT2D eigenvalue weighted by molar-refractivity contribution is 0.0949. The summed E-state index contributed by atoms with van der Waals surface area (Å²) in [6.45, 7) is 5.44. The summed E-state index contributed by atoms with van der Waals surface area (Å²) in [4.78, 5) is 17.5. The van der Waals surface area contributed by atoms with Crippen molar-refractivity contribution in [3.63, 3.8) is 0 Å². The van der Waals surface area contributed by atoms with E-state index in [1.54, 1.807) is 11.8 Å². The van der Waals surface area contributed by atoms with Crippen molar-refractivity contribution in [3.05, 3.63) is 70.9 Å². The molecular formula is C21H21N3OS. The molecule has 2 aromatic carbocycles. The van der Waals surface area contributed by atoms with Gasteiger partial charge in [-0.15, -0.1) is 0 Å². The maximum absolute atomic E-state index is 12.7. The van der Waals surface area contributed by atoms with Gasteiger partial charge in [-0.05, 0) is 31.0 Å². The SMILES string of the molecule is Cc1cccc(C(=O)NCc2c(-c3ccccc3)nc3n2CCS3)c1C. The molecule has 3 aromatic rings. The molecule has 5 heteroatoms. The van der Waals surface area contributed by atoms with Crippen LogP contribution in [-0.2, 0) is 13.1 Å². The van der Waals surface area contributed by atoms with Gasteiger partial charge in [-0.1, -0.05) is 54.2 Å². The van der Waals surface area contributed by atoms with Crippen LogP contribution in [0.2, 0.25) is 0 Å². The van der Waals surface area contributed by atoms with Gasteiger partial charge in [0.2, 0.25) is 0 Å². The Morgan fingerprint density at radius 2 is 1.96 bits per heavy atom. The van der Waals surface area contributed by atoms with Crippen molar-refractivity contribution in [1.82, 2.24) is 14.9 Å². The van der Waals surface area contributed by atoms with Crippen LogP contribution < -0.4 is 5.32 Å². The zero-order chi connectivity index (χ0) is 18.1. The lowest BCUT2D eigenvalue weighted by Crippen LogP contribution is -2.25. The number of thioether (sulfide) groups is 1. The number of rotatable bonds is 4. The number of nitrogens with zero attached hydrogens (tertiary/aromatic N) is 2. The Kier molecular flexibility index (Phi) is 4.55. The maximum atomic E-state index is 12.7. The number of carbonyl (C=O) groups is 1. The fourth-order valence-corrected chi connectivity index (χ4v) is 4.27. The summed E-state index contributed by atoms with van der Waals surface area (Å²) in [6.07, 6.45) is 0. The predicted octanol–water partition coefficient (Wildman–Crippen LogP) is 4.20. The molecule has 0 aliphatic carbocycles. The van der Waals surface area contributed by atoms with E-state index in [0.717, 1.165) is 51.1 Å². The highest BCUT2D eigenvalue weighted by Crippen LogP contribution is 2.33. The van der Waals surface area contributed by atoms with Gasteiger partial charge < -0.3 is 9.88 Å². The van der Waals surface area contributed by atoms with E-state index in [9.17, 15) is 4.79 Å². The second-order valence-corrected chi connectivity index (χ2v) is 7.55. The fraction of sp³-hybridized carbons (Fsp3) is 0.238. The molecule has 1 aliphatic rings. The van der Waals surface area contributed by atoms with E-state index in [2.05, 4.69) is 22.0 Å². The Bertz CT molecular complexity index is 963. The number of hydrogen-bond donors (Lipinski definition) is 1. The quantitative estimate of drug-likeness (QED) is 0.756. The molecule has 0 radical (unpaired) electrons. The molecule has 4 nitrogen and oxygen atoms in total.